The summed E-state index contributed by atoms with van der Waals surface area (Å²) >= 11 is 3.48. The molecule has 19 heavy (non-hydrogen) atoms. The molecule has 1 aliphatic carbocycles. The Bertz CT molecular complexity index is 426. The Labute approximate surface area is 120 Å². The van der Waals surface area contributed by atoms with Crippen molar-refractivity contribution in [2.45, 2.75) is 44.1 Å². The van der Waals surface area contributed by atoms with Crippen LogP contribution in [0.4, 0.5) is 8.78 Å². The average molecular weight is 333 g/mol. The van der Waals surface area contributed by atoms with Crippen molar-refractivity contribution in [3.63, 3.8) is 0 Å². The van der Waals surface area contributed by atoms with E-state index in [0.717, 1.165) is 16.5 Å². The molecule has 2 atom stereocenters. The van der Waals surface area contributed by atoms with E-state index in [1.54, 1.807) is 0 Å². The molecule has 0 bridgehead atoms. The molecule has 0 spiro atoms. The van der Waals surface area contributed by atoms with Crippen molar-refractivity contribution in [3.8, 4) is 0 Å². The maximum atomic E-state index is 13.4. The fourth-order valence-electron chi connectivity index (χ4n) is 2.85. The van der Waals surface area contributed by atoms with Gasteiger partial charge in [0.2, 0.25) is 5.92 Å². The Morgan fingerprint density at radius 2 is 2.16 bits per heavy atom. The van der Waals surface area contributed by atoms with Crippen molar-refractivity contribution in [2.75, 3.05) is 0 Å². The van der Waals surface area contributed by atoms with Gasteiger partial charge in [0.05, 0.1) is 0 Å². The highest BCUT2D eigenvalue weighted by molar-refractivity contribution is 9.10. The standard InChI is InChI=1S/C14H19BrF2N2/c15-12-6-2-1-5-11(12)13(19-18)8-10-4-3-7-14(16,17)9-10/h1-2,5-6,10,13,19H,3-4,7-9,18H2. The topological polar surface area (TPSA) is 38.0 Å². The lowest BCUT2D eigenvalue weighted by atomic mass is 9.81. The fourth-order valence-corrected chi connectivity index (χ4v) is 3.41. The lowest BCUT2D eigenvalue weighted by Crippen LogP contribution is -2.33. The van der Waals surface area contributed by atoms with E-state index < -0.39 is 5.92 Å². The second-order valence-electron chi connectivity index (χ2n) is 5.29. The molecule has 2 unspecified atom stereocenters. The molecule has 0 amide bonds. The van der Waals surface area contributed by atoms with Gasteiger partial charge in [-0.3, -0.25) is 11.3 Å². The second kappa shape index (κ2) is 6.29. The summed E-state index contributed by atoms with van der Waals surface area (Å²) in [5.74, 6) is 3.12. The Kier molecular flexibility index (Phi) is 4.92. The number of benzene rings is 1. The largest absolute Gasteiger partial charge is 0.271 e. The van der Waals surface area contributed by atoms with E-state index in [2.05, 4.69) is 21.4 Å². The predicted molar refractivity (Wildman–Crippen MR) is 75.7 cm³/mol. The molecule has 3 N–H and O–H groups in total. The van der Waals surface area contributed by atoms with E-state index >= 15 is 0 Å². The molecule has 2 nitrogen and oxygen atoms in total. The molecule has 1 aromatic carbocycles. The van der Waals surface area contributed by atoms with E-state index in [1.165, 1.54) is 0 Å². The molecule has 0 saturated heterocycles. The smallest absolute Gasteiger partial charge is 0.248 e. The van der Waals surface area contributed by atoms with Crippen LogP contribution in [0.3, 0.4) is 0 Å². The Hall–Kier alpha value is -0.520. The molecule has 2 rings (SSSR count). The van der Waals surface area contributed by atoms with Gasteiger partial charge in [0, 0.05) is 23.4 Å². The molecule has 1 aliphatic rings. The second-order valence-corrected chi connectivity index (χ2v) is 6.15. The first-order valence-electron chi connectivity index (χ1n) is 6.60. The third-order valence-electron chi connectivity index (χ3n) is 3.79. The monoisotopic (exact) mass is 332 g/mol. The highest BCUT2D eigenvalue weighted by Gasteiger charge is 2.37. The maximum Gasteiger partial charge on any atom is 0.248 e. The number of nitrogens with one attached hydrogen (secondary N) is 1. The Morgan fingerprint density at radius 1 is 1.42 bits per heavy atom. The lowest BCUT2D eigenvalue weighted by molar-refractivity contribution is -0.0548. The first-order valence-corrected chi connectivity index (χ1v) is 7.39. The van der Waals surface area contributed by atoms with Crippen LogP contribution in [0.25, 0.3) is 0 Å². The summed E-state index contributed by atoms with van der Waals surface area (Å²) in [6, 6.07) is 7.68. The van der Waals surface area contributed by atoms with E-state index in [-0.39, 0.29) is 24.8 Å². The number of hydrogen-bond donors (Lipinski definition) is 2. The van der Waals surface area contributed by atoms with Crippen molar-refractivity contribution < 1.29 is 8.78 Å². The summed E-state index contributed by atoms with van der Waals surface area (Å²) in [4.78, 5) is 0. The highest BCUT2D eigenvalue weighted by atomic mass is 79.9. The van der Waals surface area contributed by atoms with Crippen LogP contribution in [-0.4, -0.2) is 5.92 Å². The van der Waals surface area contributed by atoms with Crippen molar-refractivity contribution in [1.29, 1.82) is 0 Å². The van der Waals surface area contributed by atoms with Crippen molar-refractivity contribution in [1.82, 2.24) is 5.43 Å². The minimum Gasteiger partial charge on any atom is -0.271 e. The van der Waals surface area contributed by atoms with Crippen molar-refractivity contribution in [2.24, 2.45) is 11.8 Å². The van der Waals surface area contributed by atoms with Crippen LogP contribution < -0.4 is 11.3 Å². The van der Waals surface area contributed by atoms with Gasteiger partial charge in [-0.05, 0) is 36.8 Å². The summed E-state index contributed by atoms with van der Waals surface area (Å²) < 4.78 is 27.8. The molecule has 0 aromatic heterocycles. The quantitative estimate of drug-likeness (QED) is 0.641. The van der Waals surface area contributed by atoms with E-state index in [4.69, 9.17) is 5.84 Å². The third kappa shape index (κ3) is 3.97. The van der Waals surface area contributed by atoms with Crippen LogP contribution in [0.5, 0.6) is 0 Å². The van der Waals surface area contributed by atoms with Crippen LogP contribution >= 0.6 is 15.9 Å². The van der Waals surface area contributed by atoms with Crippen LogP contribution in [0, 0.1) is 5.92 Å². The number of nitrogens with two attached hydrogens (primary N) is 1. The maximum absolute atomic E-state index is 13.4. The van der Waals surface area contributed by atoms with Gasteiger partial charge in [-0.25, -0.2) is 8.78 Å². The number of alkyl halides is 2. The molecule has 0 heterocycles. The molecular formula is C14H19BrF2N2. The fraction of sp³-hybridized carbons (Fsp3) is 0.571. The molecular weight excluding hydrogens is 314 g/mol. The number of hydrazine groups is 1. The van der Waals surface area contributed by atoms with Gasteiger partial charge in [-0.2, -0.15) is 0 Å². The van der Waals surface area contributed by atoms with Gasteiger partial charge in [0.1, 0.15) is 0 Å². The number of halogens is 3. The van der Waals surface area contributed by atoms with Crippen molar-refractivity contribution >= 4 is 15.9 Å². The highest BCUT2D eigenvalue weighted by Crippen LogP contribution is 2.40. The van der Waals surface area contributed by atoms with E-state index in [9.17, 15) is 8.78 Å². The number of hydrogen-bond acceptors (Lipinski definition) is 2. The normalized spacial score (nSPS) is 24.1. The van der Waals surface area contributed by atoms with Crippen LogP contribution in [0.1, 0.15) is 43.7 Å². The predicted octanol–water partition coefficient (Wildman–Crippen LogP) is 4.17. The summed E-state index contributed by atoms with van der Waals surface area (Å²) in [7, 11) is 0. The Morgan fingerprint density at radius 3 is 2.79 bits per heavy atom. The molecule has 106 valence electrons. The minimum absolute atomic E-state index is 0.0182. The Balaban J connectivity index is 2.05. The molecule has 5 heteroatoms. The summed E-state index contributed by atoms with van der Waals surface area (Å²) in [5, 5.41) is 0. The zero-order valence-electron chi connectivity index (χ0n) is 10.7. The van der Waals surface area contributed by atoms with Gasteiger partial charge >= 0.3 is 0 Å². The summed E-state index contributed by atoms with van der Waals surface area (Å²) in [6.45, 7) is 0. The molecule has 1 saturated carbocycles. The summed E-state index contributed by atoms with van der Waals surface area (Å²) in [5.41, 5.74) is 3.79. The van der Waals surface area contributed by atoms with Crippen molar-refractivity contribution in [3.05, 3.63) is 34.3 Å². The molecule has 1 fully saturated rings. The number of rotatable bonds is 4. The third-order valence-corrected chi connectivity index (χ3v) is 4.52. The zero-order valence-corrected chi connectivity index (χ0v) is 12.3. The SMILES string of the molecule is NNC(CC1CCCC(F)(F)C1)c1ccccc1Br. The van der Waals surface area contributed by atoms with Crippen LogP contribution in [-0.2, 0) is 0 Å². The molecule has 1 aromatic rings. The van der Waals surface area contributed by atoms with E-state index in [0.29, 0.717) is 12.8 Å². The minimum atomic E-state index is -2.50. The van der Waals surface area contributed by atoms with Gasteiger partial charge in [-0.15, -0.1) is 0 Å². The lowest BCUT2D eigenvalue weighted by Gasteiger charge is -2.31. The zero-order chi connectivity index (χ0) is 13.9. The first kappa shape index (κ1) is 14.9. The average Bonchev–Trinajstić information content (AvgIpc) is 2.36. The van der Waals surface area contributed by atoms with E-state index in [1.807, 2.05) is 24.3 Å². The van der Waals surface area contributed by atoms with Gasteiger partial charge < -0.3 is 0 Å². The molecule has 0 aliphatic heterocycles. The van der Waals surface area contributed by atoms with Crippen LogP contribution in [0.15, 0.2) is 28.7 Å². The summed E-state index contributed by atoms with van der Waals surface area (Å²) in [6.07, 6.45) is 2.12. The van der Waals surface area contributed by atoms with Gasteiger partial charge in [0.25, 0.3) is 0 Å². The first-order chi connectivity index (χ1) is 9.02. The van der Waals surface area contributed by atoms with Crippen LogP contribution in [0.2, 0.25) is 0 Å². The van der Waals surface area contributed by atoms with Gasteiger partial charge in [-0.1, -0.05) is 34.1 Å². The molecule has 0 radical (unpaired) electrons. The van der Waals surface area contributed by atoms with Gasteiger partial charge in [0.15, 0.2) is 0 Å².